The Morgan fingerprint density at radius 2 is 1.79 bits per heavy atom. The summed E-state index contributed by atoms with van der Waals surface area (Å²) >= 11 is 0. The fraction of sp³-hybridized carbons (Fsp3) is 0.350. The van der Waals surface area contributed by atoms with Gasteiger partial charge >= 0.3 is 0 Å². The second-order valence-electron chi connectivity index (χ2n) is 6.46. The topological polar surface area (TPSA) is 58.4 Å². The summed E-state index contributed by atoms with van der Waals surface area (Å²) in [4.78, 5) is 14.9. The molecule has 0 radical (unpaired) electrons. The lowest BCUT2D eigenvalue weighted by Gasteiger charge is -2.21. The third-order valence-corrected chi connectivity index (χ3v) is 4.72. The van der Waals surface area contributed by atoms with Crippen LogP contribution in [0.1, 0.15) is 31.4 Å². The Morgan fingerprint density at radius 1 is 1.08 bits per heavy atom. The third kappa shape index (κ3) is 3.77. The van der Waals surface area contributed by atoms with E-state index in [1.807, 2.05) is 55.5 Å². The minimum atomic E-state index is -0.312. The SMILES string of the molecule is CC(C(=O)Nc1cccc(N2CCCC2)c1)C(N)c1ccccc1. The standard InChI is InChI=1S/C20H25N3O/c1-15(19(21)16-8-3-2-4-9-16)20(24)22-17-10-7-11-18(14-17)23-12-5-6-13-23/h2-4,7-11,14-15,19H,5-6,12-13,21H2,1H3,(H,22,24). The molecule has 1 saturated heterocycles. The highest BCUT2D eigenvalue weighted by atomic mass is 16.1. The van der Waals surface area contributed by atoms with Crippen LogP contribution < -0.4 is 16.0 Å². The van der Waals surface area contributed by atoms with Gasteiger partial charge in [-0.3, -0.25) is 4.79 Å². The van der Waals surface area contributed by atoms with E-state index in [9.17, 15) is 4.79 Å². The third-order valence-electron chi connectivity index (χ3n) is 4.72. The smallest absolute Gasteiger partial charge is 0.229 e. The fourth-order valence-electron chi connectivity index (χ4n) is 3.14. The number of amides is 1. The Kier molecular flexibility index (Phi) is 5.16. The number of carbonyl (C=O) groups excluding carboxylic acids is 1. The van der Waals surface area contributed by atoms with Crippen molar-refractivity contribution in [1.82, 2.24) is 0 Å². The van der Waals surface area contributed by atoms with E-state index >= 15 is 0 Å². The first-order chi connectivity index (χ1) is 11.6. The first kappa shape index (κ1) is 16.5. The van der Waals surface area contributed by atoms with Crippen molar-refractivity contribution in [2.24, 2.45) is 11.7 Å². The minimum absolute atomic E-state index is 0.0510. The van der Waals surface area contributed by atoms with E-state index in [0.29, 0.717) is 0 Å². The average molecular weight is 323 g/mol. The molecule has 4 heteroatoms. The molecule has 1 aliphatic heterocycles. The molecule has 1 amide bonds. The molecule has 0 saturated carbocycles. The average Bonchev–Trinajstić information content (AvgIpc) is 3.16. The molecular weight excluding hydrogens is 298 g/mol. The van der Waals surface area contributed by atoms with Crippen LogP contribution in [-0.2, 0) is 4.79 Å². The maximum atomic E-state index is 12.6. The maximum Gasteiger partial charge on any atom is 0.229 e. The second kappa shape index (κ2) is 7.49. The van der Waals surface area contributed by atoms with Crippen molar-refractivity contribution in [2.45, 2.75) is 25.8 Å². The van der Waals surface area contributed by atoms with Crippen LogP contribution >= 0.6 is 0 Å². The molecule has 1 heterocycles. The summed E-state index contributed by atoms with van der Waals surface area (Å²) in [7, 11) is 0. The lowest BCUT2D eigenvalue weighted by atomic mass is 9.94. The second-order valence-corrected chi connectivity index (χ2v) is 6.46. The molecule has 2 unspecified atom stereocenters. The Balaban J connectivity index is 1.66. The van der Waals surface area contributed by atoms with Gasteiger partial charge in [0.15, 0.2) is 0 Å². The molecule has 24 heavy (non-hydrogen) atoms. The summed E-state index contributed by atoms with van der Waals surface area (Å²) in [5.41, 5.74) is 9.23. The van der Waals surface area contributed by atoms with E-state index in [2.05, 4.69) is 16.3 Å². The Hall–Kier alpha value is -2.33. The number of anilines is 2. The molecule has 126 valence electrons. The van der Waals surface area contributed by atoms with Gasteiger partial charge in [-0.05, 0) is 36.6 Å². The summed E-state index contributed by atoms with van der Waals surface area (Å²) in [6.07, 6.45) is 2.47. The van der Waals surface area contributed by atoms with Crippen molar-refractivity contribution in [1.29, 1.82) is 0 Å². The molecule has 0 aromatic heterocycles. The first-order valence-electron chi connectivity index (χ1n) is 8.61. The summed E-state index contributed by atoms with van der Waals surface area (Å²) in [6, 6.07) is 17.5. The zero-order valence-electron chi connectivity index (χ0n) is 14.1. The summed E-state index contributed by atoms with van der Waals surface area (Å²) < 4.78 is 0. The van der Waals surface area contributed by atoms with Crippen LogP contribution in [0.25, 0.3) is 0 Å². The molecule has 2 atom stereocenters. The Bertz CT molecular complexity index is 680. The lowest BCUT2D eigenvalue weighted by Crippen LogP contribution is -2.30. The molecular formula is C20H25N3O. The number of nitrogens with one attached hydrogen (secondary N) is 1. The van der Waals surface area contributed by atoms with E-state index in [0.717, 1.165) is 24.3 Å². The normalized spacial score (nSPS) is 16.7. The number of benzene rings is 2. The van der Waals surface area contributed by atoms with Crippen LogP contribution in [0, 0.1) is 5.92 Å². The van der Waals surface area contributed by atoms with Gasteiger partial charge < -0.3 is 16.0 Å². The van der Waals surface area contributed by atoms with Gasteiger partial charge in [-0.1, -0.05) is 43.3 Å². The number of carbonyl (C=O) groups is 1. The molecule has 1 aliphatic rings. The number of rotatable bonds is 5. The number of hydrogen-bond donors (Lipinski definition) is 2. The van der Waals surface area contributed by atoms with Crippen molar-refractivity contribution >= 4 is 17.3 Å². The zero-order valence-corrected chi connectivity index (χ0v) is 14.1. The van der Waals surface area contributed by atoms with Gasteiger partial charge in [0, 0.05) is 30.5 Å². The minimum Gasteiger partial charge on any atom is -0.371 e. The molecule has 0 aliphatic carbocycles. The van der Waals surface area contributed by atoms with Crippen LogP contribution in [0.2, 0.25) is 0 Å². The number of hydrogen-bond acceptors (Lipinski definition) is 3. The van der Waals surface area contributed by atoms with Crippen molar-refractivity contribution in [3.05, 3.63) is 60.2 Å². The zero-order chi connectivity index (χ0) is 16.9. The first-order valence-corrected chi connectivity index (χ1v) is 8.61. The molecule has 4 nitrogen and oxygen atoms in total. The van der Waals surface area contributed by atoms with Gasteiger partial charge in [0.25, 0.3) is 0 Å². The Labute approximate surface area is 143 Å². The van der Waals surface area contributed by atoms with E-state index < -0.39 is 0 Å². The number of nitrogens with zero attached hydrogens (tertiary/aromatic N) is 1. The highest BCUT2D eigenvalue weighted by molar-refractivity contribution is 5.93. The number of nitrogens with two attached hydrogens (primary N) is 1. The monoisotopic (exact) mass is 323 g/mol. The van der Waals surface area contributed by atoms with Crippen LogP contribution in [-0.4, -0.2) is 19.0 Å². The highest BCUT2D eigenvalue weighted by Crippen LogP contribution is 2.25. The molecule has 0 bridgehead atoms. The highest BCUT2D eigenvalue weighted by Gasteiger charge is 2.22. The van der Waals surface area contributed by atoms with Crippen LogP contribution in [0.15, 0.2) is 54.6 Å². The molecule has 3 N–H and O–H groups in total. The van der Waals surface area contributed by atoms with E-state index in [-0.39, 0.29) is 17.9 Å². The van der Waals surface area contributed by atoms with E-state index in [1.54, 1.807) is 0 Å². The Morgan fingerprint density at radius 3 is 2.50 bits per heavy atom. The molecule has 2 aromatic carbocycles. The van der Waals surface area contributed by atoms with Crippen LogP contribution in [0.3, 0.4) is 0 Å². The van der Waals surface area contributed by atoms with Gasteiger partial charge in [-0.25, -0.2) is 0 Å². The maximum absolute atomic E-state index is 12.6. The van der Waals surface area contributed by atoms with Gasteiger partial charge in [0.1, 0.15) is 0 Å². The van der Waals surface area contributed by atoms with Gasteiger partial charge in [0.05, 0.1) is 5.92 Å². The summed E-state index contributed by atoms with van der Waals surface area (Å²) in [5, 5.41) is 3.01. The van der Waals surface area contributed by atoms with Crippen molar-refractivity contribution in [2.75, 3.05) is 23.3 Å². The molecule has 2 aromatic rings. The van der Waals surface area contributed by atoms with Crippen LogP contribution in [0.4, 0.5) is 11.4 Å². The van der Waals surface area contributed by atoms with Crippen molar-refractivity contribution < 1.29 is 4.79 Å². The van der Waals surface area contributed by atoms with Crippen molar-refractivity contribution in [3.63, 3.8) is 0 Å². The predicted octanol–water partition coefficient (Wildman–Crippen LogP) is 3.56. The van der Waals surface area contributed by atoms with E-state index in [1.165, 1.54) is 18.5 Å². The lowest BCUT2D eigenvalue weighted by molar-refractivity contribution is -0.120. The molecule has 3 rings (SSSR count). The van der Waals surface area contributed by atoms with Gasteiger partial charge in [-0.15, -0.1) is 0 Å². The van der Waals surface area contributed by atoms with Crippen LogP contribution in [0.5, 0.6) is 0 Å². The fourth-order valence-corrected chi connectivity index (χ4v) is 3.14. The van der Waals surface area contributed by atoms with Crippen molar-refractivity contribution in [3.8, 4) is 0 Å². The van der Waals surface area contributed by atoms with Gasteiger partial charge in [-0.2, -0.15) is 0 Å². The van der Waals surface area contributed by atoms with E-state index in [4.69, 9.17) is 5.73 Å². The quantitative estimate of drug-likeness (QED) is 0.884. The summed E-state index contributed by atoms with van der Waals surface area (Å²) in [6.45, 7) is 4.05. The molecule has 0 spiro atoms. The van der Waals surface area contributed by atoms with Gasteiger partial charge in [0.2, 0.25) is 5.91 Å². The summed E-state index contributed by atoms with van der Waals surface area (Å²) in [5.74, 6) is -0.354. The largest absolute Gasteiger partial charge is 0.371 e. The predicted molar refractivity (Wildman–Crippen MR) is 99.1 cm³/mol. The molecule has 1 fully saturated rings.